The lowest BCUT2D eigenvalue weighted by molar-refractivity contribution is 0.279. The zero-order valence-corrected chi connectivity index (χ0v) is 34.5. The predicted octanol–water partition coefficient (Wildman–Crippen LogP) is 16.7. The van der Waals surface area contributed by atoms with Crippen molar-refractivity contribution in [3.63, 3.8) is 0 Å². The molecule has 0 spiro atoms. The molecule has 0 bridgehead atoms. The molecule has 9 aromatic carbocycles. The van der Waals surface area contributed by atoms with Gasteiger partial charge in [-0.15, -0.1) is 0 Å². The molecule has 2 aliphatic rings. The molecule has 4 heterocycles. The SMILES string of the molecule is C1=C(c2cccc3c2oc2c(-c4ccccc4)c4oc5c(-c6ccc7oc8ccc(-c9ccccc9)cc8c7c6)cccc5c4cc23)C=C2c3cc(-c4ccccc4)ccc3OC2C1. The van der Waals surface area contributed by atoms with Gasteiger partial charge in [0.05, 0.1) is 5.56 Å². The number of hydrogen-bond acceptors (Lipinski definition) is 4. The summed E-state index contributed by atoms with van der Waals surface area (Å²) in [4.78, 5) is 0. The Bertz CT molecular complexity index is 3940. The third kappa shape index (κ3) is 5.29. The Labute approximate surface area is 367 Å². The van der Waals surface area contributed by atoms with Gasteiger partial charge in [0.2, 0.25) is 0 Å². The minimum absolute atomic E-state index is 0.0112. The lowest BCUT2D eigenvalue weighted by Gasteiger charge is -2.17. The number of para-hydroxylation sites is 2. The molecule has 0 radical (unpaired) electrons. The fraction of sp³-hybridized carbons (Fsp3) is 0.0333. The van der Waals surface area contributed by atoms with E-state index in [1.54, 1.807) is 0 Å². The van der Waals surface area contributed by atoms with Crippen LogP contribution in [0.4, 0.5) is 0 Å². The molecule has 64 heavy (non-hydrogen) atoms. The summed E-state index contributed by atoms with van der Waals surface area (Å²) in [6.07, 6.45) is 5.37. The molecule has 1 atom stereocenters. The summed E-state index contributed by atoms with van der Waals surface area (Å²) in [5, 5.41) is 6.40. The number of hydrogen-bond donors (Lipinski definition) is 0. The minimum Gasteiger partial charge on any atom is -0.485 e. The normalized spacial score (nSPS) is 14.7. The monoisotopic (exact) mass is 820 g/mol. The van der Waals surface area contributed by atoms with Crippen LogP contribution in [0.15, 0.2) is 213 Å². The van der Waals surface area contributed by atoms with Gasteiger partial charge in [0.15, 0.2) is 0 Å². The Morgan fingerprint density at radius 2 is 0.922 bits per heavy atom. The summed E-state index contributed by atoms with van der Waals surface area (Å²) in [5.74, 6) is 0.936. The van der Waals surface area contributed by atoms with Gasteiger partial charge in [0, 0.05) is 61.0 Å². The smallest absolute Gasteiger partial charge is 0.147 e. The molecule has 0 saturated heterocycles. The van der Waals surface area contributed by atoms with Crippen molar-refractivity contribution < 1.29 is 18.0 Å². The third-order valence-corrected chi connectivity index (χ3v) is 13.4. The van der Waals surface area contributed by atoms with Crippen molar-refractivity contribution in [2.75, 3.05) is 0 Å². The van der Waals surface area contributed by atoms with Crippen LogP contribution in [0.5, 0.6) is 5.75 Å². The number of allylic oxidation sites excluding steroid dienone is 2. The molecular formula is C60H36O4. The summed E-state index contributed by atoms with van der Waals surface area (Å²) in [5.41, 5.74) is 18.4. The molecule has 12 aromatic rings. The molecule has 4 nitrogen and oxygen atoms in total. The molecule has 3 aromatic heterocycles. The zero-order chi connectivity index (χ0) is 41.9. The van der Waals surface area contributed by atoms with Crippen molar-refractivity contribution in [2.45, 2.75) is 12.5 Å². The highest BCUT2D eigenvalue weighted by atomic mass is 16.5. The van der Waals surface area contributed by atoms with Gasteiger partial charge in [-0.25, -0.2) is 0 Å². The van der Waals surface area contributed by atoms with Gasteiger partial charge < -0.3 is 18.0 Å². The first-order valence-electron chi connectivity index (χ1n) is 21.9. The Morgan fingerprint density at radius 1 is 0.359 bits per heavy atom. The Morgan fingerprint density at radius 3 is 1.59 bits per heavy atom. The standard InChI is InChI=1S/C60H36O4/c1-4-12-35(13-5-1)38-22-26-52-46(30-38)48-32-40(24-28-54(48)61-52)42-18-10-20-44-50-34-51-45-21-11-19-43(58(45)64-60(51)56(59(50)63-57(42)44)37-16-8-3-9-17-37)41-25-29-55-49(33-41)47-31-39(23-27-53(47)62-55)36-14-6-2-7-15-36/h1-28,30-34,55H,29H2. The van der Waals surface area contributed by atoms with E-state index >= 15 is 0 Å². The highest BCUT2D eigenvalue weighted by Gasteiger charge is 2.32. The van der Waals surface area contributed by atoms with Crippen molar-refractivity contribution in [3.8, 4) is 50.3 Å². The molecule has 4 heteroatoms. The van der Waals surface area contributed by atoms with Crippen molar-refractivity contribution in [2.24, 2.45) is 0 Å². The van der Waals surface area contributed by atoms with Crippen molar-refractivity contribution in [3.05, 3.63) is 211 Å². The number of ether oxygens (including phenoxy) is 1. The largest absolute Gasteiger partial charge is 0.485 e. The van der Waals surface area contributed by atoms with Crippen LogP contribution >= 0.6 is 0 Å². The first kappa shape index (κ1) is 35.3. The maximum Gasteiger partial charge on any atom is 0.147 e. The molecule has 0 fully saturated rings. The summed E-state index contributed by atoms with van der Waals surface area (Å²) < 4.78 is 27.1. The fourth-order valence-corrected chi connectivity index (χ4v) is 10.3. The van der Waals surface area contributed by atoms with E-state index < -0.39 is 0 Å². The molecule has 300 valence electrons. The number of fused-ring (bicyclic) bond motifs is 12. The van der Waals surface area contributed by atoms with Gasteiger partial charge in [-0.3, -0.25) is 0 Å². The van der Waals surface area contributed by atoms with Gasteiger partial charge in [-0.2, -0.15) is 0 Å². The van der Waals surface area contributed by atoms with E-state index in [4.69, 9.17) is 18.0 Å². The Kier molecular flexibility index (Phi) is 7.48. The van der Waals surface area contributed by atoms with Crippen LogP contribution in [0.3, 0.4) is 0 Å². The molecule has 0 saturated carbocycles. The molecule has 14 rings (SSSR count). The molecular weight excluding hydrogens is 785 g/mol. The van der Waals surface area contributed by atoms with Gasteiger partial charge in [0.25, 0.3) is 0 Å². The van der Waals surface area contributed by atoms with Crippen LogP contribution in [0.25, 0.3) is 121 Å². The topological polar surface area (TPSA) is 48.7 Å². The van der Waals surface area contributed by atoms with Crippen molar-refractivity contribution in [1.29, 1.82) is 0 Å². The zero-order valence-electron chi connectivity index (χ0n) is 34.5. The average molecular weight is 821 g/mol. The van der Waals surface area contributed by atoms with E-state index in [0.29, 0.717) is 0 Å². The lowest BCUT2D eigenvalue weighted by Crippen LogP contribution is -2.13. The average Bonchev–Trinajstić information content (AvgIpc) is 4.13. The summed E-state index contributed by atoms with van der Waals surface area (Å²) in [7, 11) is 0. The summed E-state index contributed by atoms with van der Waals surface area (Å²) in [6, 6.07) is 66.3. The minimum atomic E-state index is -0.0112. The van der Waals surface area contributed by atoms with Gasteiger partial charge in [-0.1, -0.05) is 152 Å². The summed E-state index contributed by atoms with van der Waals surface area (Å²) >= 11 is 0. The molecule has 1 unspecified atom stereocenters. The summed E-state index contributed by atoms with van der Waals surface area (Å²) in [6.45, 7) is 0. The fourth-order valence-electron chi connectivity index (χ4n) is 10.3. The van der Waals surface area contributed by atoms with Crippen LogP contribution in [0.1, 0.15) is 17.5 Å². The van der Waals surface area contributed by atoms with E-state index in [-0.39, 0.29) is 6.10 Å². The van der Waals surface area contributed by atoms with Crippen LogP contribution in [0.2, 0.25) is 0 Å². The van der Waals surface area contributed by atoms with E-state index in [1.807, 2.05) is 6.07 Å². The van der Waals surface area contributed by atoms with Crippen molar-refractivity contribution in [1.82, 2.24) is 0 Å². The van der Waals surface area contributed by atoms with Crippen LogP contribution in [-0.2, 0) is 0 Å². The third-order valence-electron chi connectivity index (χ3n) is 13.4. The van der Waals surface area contributed by atoms with E-state index in [1.165, 1.54) is 22.3 Å². The molecule has 0 N–H and O–H groups in total. The number of furan rings is 3. The van der Waals surface area contributed by atoms with E-state index in [9.17, 15) is 0 Å². The van der Waals surface area contributed by atoms with Crippen LogP contribution < -0.4 is 4.74 Å². The van der Waals surface area contributed by atoms with Gasteiger partial charge in [0.1, 0.15) is 45.4 Å². The van der Waals surface area contributed by atoms with Gasteiger partial charge >= 0.3 is 0 Å². The quantitative estimate of drug-likeness (QED) is 0.174. The first-order chi connectivity index (χ1) is 31.7. The second-order valence-electron chi connectivity index (χ2n) is 17.0. The van der Waals surface area contributed by atoms with Crippen LogP contribution in [-0.4, -0.2) is 6.10 Å². The van der Waals surface area contributed by atoms with E-state index in [2.05, 4.69) is 194 Å². The molecule has 1 aliphatic carbocycles. The van der Waals surface area contributed by atoms with Crippen molar-refractivity contribution >= 4 is 77.0 Å². The first-order valence-corrected chi connectivity index (χ1v) is 21.9. The predicted molar refractivity (Wildman–Crippen MR) is 261 cm³/mol. The second-order valence-corrected chi connectivity index (χ2v) is 17.0. The number of rotatable bonds is 5. The van der Waals surface area contributed by atoms with E-state index in [0.717, 1.165) is 123 Å². The maximum absolute atomic E-state index is 7.15. The highest BCUT2D eigenvalue weighted by molar-refractivity contribution is 6.24. The second kappa shape index (κ2) is 13.6. The van der Waals surface area contributed by atoms with Gasteiger partial charge in [-0.05, 0) is 87.5 Å². The van der Waals surface area contributed by atoms with Crippen LogP contribution in [0, 0.1) is 0 Å². The lowest BCUT2D eigenvalue weighted by atomic mass is 9.88. The maximum atomic E-state index is 7.15. The highest BCUT2D eigenvalue weighted by Crippen LogP contribution is 2.49. The Hall–Kier alpha value is -8.34. The Balaban J connectivity index is 0.931. The molecule has 1 aliphatic heterocycles. The molecule has 0 amide bonds. The number of benzene rings is 9.